The lowest BCUT2D eigenvalue weighted by Gasteiger charge is -2.22. The maximum Gasteiger partial charge on any atom is 0.339 e. The summed E-state index contributed by atoms with van der Waals surface area (Å²) in [4.78, 5) is 24.8. The predicted molar refractivity (Wildman–Crippen MR) is 74.0 cm³/mol. The number of carboxylic acid groups (broad SMARTS) is 1. The first-order chi connectivity index (χ1) is 9.40. The number of carbonyl (C=O) groups excluding carboxylic acids is 1. The van der Waals surface area contributed by atoms with Crippen molar-refractivity contribution in [1.29, 1.82) is 0 Å². The fourth-order valence-corrected chi connectivity index (χ4v) is 2.59. The third-order valence-electron chi connectivity index (χ3n) is 3.55. The summed E-state index contributed by atoms with van der Waals surface area (Å²) in [6.45, 7) is 4.70. The number of hydrogen-bond donors (Lipinski definition) is 3. The first kappa shape index (κ1) is 14.2. The van der Waals surface area contributed by atoms with E-state index in [9.17, 15) is 14.7 Å². The summed E-state index contributed by atoms with van der Waals surface area (Å²) >= 11 is 0. The number of phenols is 1. The Labute approximate surface area is 117 Å². The quantitative estimate of drug-likeness (QED) is 0.724. The molecule has 2 atom stereocenters. The molecule has 108 valence electrons. The number of benzene rings is 1. The lowest BCUT2D eigenvalue weighted by molar-refractivity contribution is 0.0693. The largest absolute Gasteiger partial charge is 0.505 e. The summed E-state index contributed by atoms with van der Waals surface area (Å²) in [5, 5.41) is 21.4. The second kappa shape index (κ2) is 5.40. The van der Waals surface area contributed by atoms with E-state index in [2.05, 4.69) is 12.2 Å². The van der Waals surface area contributed by atoms with Crippen molar-refractivity contribution in [3.63, 3.8) is 0 Å². The van der Waals surface area contributed by atoms with Crippen molar-refractivity contribution in [2.45, 2.75) is 26.3 Å². The van der Waals surface area contributed by atoms with Crippen LogP contribution in [0, 0.1) is 5.92 Å². The molecule has 1 aromatic carbocycles. The van der Waals surface area contributed by atoms with Crippen LogP contribution in [0.5, 0.6) is 5.75 Å². The van der Waals surface area contributed by atoms with Gasteiger partial charge in [0.25, 0.3) is 0 Å². The molecule has 2 unspecified atom stereocenters. The van der Waals surface area contributed by atoms with Crippen LogP contribution >= 0.6 is 0 Å². The molecule has 1 saturated heterocycles. The van der Waals surface area contributed by atoms with E-state index in [1.807, 2.05) is 6.92 Å². The fourth-order valence-electron chi connectivity index (χ4n) is 2.59. The van der Waals surface area contributed by atoms with Crippen molar-refractivity contribution >= 4 is 17.7 Å². The Morgan fingerprint density at radius 3 is 2.60 bits per heavy atom. The van der Waals surface area contributed by atoms with E-state index in [0.717, 1.165) is 6.42 Å². The second-order valence-electron chi connectivity index (χ2n) is 5.28. The van der Waals surface area contributed by atoms with E-state index in [0.29, 0.717) is 12.5 Å². The van der Waals surface area contributed by atoms with Gasteiger partial charge in [-0.05, 0) is 31.4 Å². The monoisotopic (exact) mass is 278 g/mol. The average Bonchev–Trinajstić information content (AvgIpc) is 2.70. The molecule has 1 aromatic rings. The van der Waals surface area contributed by atoms with Gasteiger partial charge in [-0.3, -0.25) is 0 Å². The van der Waals surface area contributed by atoms with Crippen LogP contribution in [-0.2, 0) is 0 Å². The summed E-state index contributed by atoms with van der Waals surface area (Å²) in [5.74, 6) is -1.22. The summed E-state index contributed by atoms with van der Waals surface area (Å²) in [6.07, 6.45) is 0.939. The van der Waals surface area contributed by atoms with Crippen LogP contribution in [0.3, 0.4) is 0 Å². The number of para-hydroxylation sites is 1. The van der Waals surface area contributed by atoms with Crippen LogP contribution in [0.4, 0.5) is 10.5 Å². The Hall–Kier alpha value is -2.24. The van der Waals surface area contributed by atoms with E-state index in [-0.39, 0.29) is 23.3 Å². The summed E-state index contributed by atoms with van der Waals surface area (Å²) in [6, 6.07) is 4.06. The Morgan fingerprint density at radius 2 is 2.05 bits per heavy atom. The van der Waals surface area contributed by atoms with Crippen molar-refractivity contribution in [2.24, 2.45) is 5.92 Å². The number of likely N-dealkylation sites (tertiary alicyclic amines) is 1. The number of nitrogens with one attached hydrogen (secondary N) is 1. The number of carbonyl (C=O) groups is 2. The van der Waals surface area contributed by atoms with Gasteiger partial charge in [0.2, 0.25) is 0 Å². The number of aromatic hydroxyl groups is 1. The molecule has 0 saturated carbocycles. The van der Waals surface area contributed by atoms with E-state index in [4.69, 9.17) is 5.11 Å². The van der Waals surface area contributed by atoms with Gasteiger partial charge in [0.15, 0.2) is 5.75 Å². The first-order valence-electron chi connectivity index (χ1n) is 6.53. The smallest absolute Gasteiger partial charge is 0.339 e. The predicted octanol–water partition coefficient (Wildman–Crippen LogP) is 2.35. The Balaban J connectivity index is 2.16. The average molecular weight is 278 g/mol. The van der Waals surface area contributed by atoms with Crippen LogP contribution in [-0.4, -0.2) is 39.7 Å². The fraction of sp³-hybridized carbons (Fsp3) is 0.429. The highest BCUT2D eigenvalue weighted by Crippen LogP contribution is 2.29. The van der Waals surface area contributed by atoms with E-state index in [1.54, 1.807) is 4.90 Å². The Morgan fingerprint density at radius 1 is 1.35 bits per heavy atom. The normalized spacial score (nSPS) is 21.8. The molecule has 0 aromatic heterocycles. The molecule has 1 aliphatic heterocycles. The van der Waals surface area contributed by atoms with Gasteiger partial charge in [0.05, 0.1) is 5.69 Å². The van der Waals surface area contributed by atoms with E-state index >= 15 is 0 Å². The molecule has 0 radical (unpaired) electrons. The van der Waals surface area contributed by atoms with Gasteiger partial charge in [0.1, 0.15) is 5.56 Å². The molecule has 20 heavy (non-hydrogen) atoms. The molecule has 0 aliphatic carbocycles. The third kappa shape index (κ3) is 2.68. The summed E-state index contributed by atoms with van der Waals surface area (Å²) in [5.41, 5.74) is -0.118. The molecule has 0 bridgehead atoms. The lowest BCUT2D eigenvalue weighted by Crippen LogP contribution is -2.37. The van der Waals surface area contributed by atoms with Crippen LogP contribution in [0.15, 0.2) is 18.2 Å². The number of nitrogens with zero attached hydrogens (tertiary/aromatic N) is 1. The van der Waals surface area contributed by atoms with Crippen LogP contribution in [0.1, 0.15) is 30.6 Å². The first-order valence-corrected chi connectivity index (χ1v) is 6.53. The highest BCUT2D eigenvalue weighted by atomic mass is 16.4. The van der Waals surface area contributed by atoms with Crippen LogP contribution in [0.25, 0.3) is 0 Å². The number of aromatic carboxylic acids is 1. The van der Waals surface area contributed by atoms with Gasteiger partial charge < -0.3 is 20.4 Å². The summed E-state index contributed by atoms with van der Waals surface area (Å²) < 4.78 is 0. The van der Waals surface area contributed by atoms with Crippen molar-refractivity contribution in [1.82, 2.24) is 4.90 Å². The molecule has 1 fully saturated rings. The van der Waals surface area contributed by atoms with Gasteiger partial charge in [-0.2, -0.15) is 0 Å². The molecule has 2 rings (SSSR count). The highest BCUT2D eigenvalue weighted by molar-refractivity contribution is 5.97. The van der Waals surface area contributed by atoms with Gasteiger partial charge in [-0.15, -0.1) is 0 Å². The minimum Gasteiger partial charge on any atom is -0.505 e. The maximum absolute atomic E-state index is 12.2. The van der Waals surface area contributed by atoms with Gasteiger partial charge in [-0.1, -0.05) is 13.0 Å². The number of carboxylic acids is 1. The third-order valence-corrected chi connectivity index (χ3v) is 3.55. The zero-order valence-corrected chi connectivity index (χ0v) is 11.5. The molecule has 2 amide bonds. The number of anilines is 1. The number of urea groups is 1. The highest BCUT2D eigenvalue weighted by Gasteiger charge is 2.30. The zero-order valence-electron chi connectivity index (χ0n) is 11.5. The van der Waals surface area contributed by atoms with Gasteiger partial charge in [0, 0.05) is 12.6 Å². The van der Waals surface area contributed by atoms with E-state index < -0.39 is 11.7 Å². The SMILES string of the molecule is CC1CC(C)N(C(=O)Nc2cccc(C(=O)O)c2O)C1. The number of amides is 2. The molecular weight excluding hydrogens is 260 g/mol. The Kier molecular flexibility index (Phi) is 3.83. The molecule has 1 aliphatic rings. The van der Waals surface area contributed by atoms with Crippen LogP contribution in [0.2, 0.25) is 0 Å². The number of hydrogen-bond acceptors (Lipinski definition) is 3. The molecule has 6 heteroatoms. The Bertz CT molecular complexity index is 544. The zero-order chi connectivity index (χ0) is 14.9. The van der Waals surface area contributed by atoms with Crippen molar-refractivity contribution in [3.05, 3.63) is 23.8 Å². The molecule has 6 nitrogen and oxygen atoms in total. The van der Waals surface area contributed by atoms with Crippen molar-refractivity contribution in [3.8, 4) is 5.75 Å². The molecule has 0 spiro atoms. The lowest BCUT2D eigenvalue weighted by atomic mass is 10.1. The van der Waals surface area contributed by atoms with Gasteiger partial charge in [-0.25, -0.2) is 9.59 Å². The minimum absolute atomic E-state index is 0.113. The van der Waals surface area contributed by atoms with Gasteiger partial charge >= 0.3 is 12.0 Å². The number of rotatable bonds is 2. The van der Waals surface area contributed by atoms with Crippen molar-refractivity contribution in [2.75, 3.05) is 11.9 Å². The summed E-state index contributed by atoms with van der Waals surface area (Å²) in [7, 11) is 0. The minimum atomic E-state index is -1.23. The van der Waals surface area contributed by atoms with E-state index in [1.165, 1.54) is 18.2 Å². The molecular formula is C14H18N2O4. The molecule has 3 N–H and O–H groups in total. The van der Waals surface area contributed by atoms with Crippen LogP contribution < -0.4 is 5.32 Å². The maximum atomic E-state index is 12.2. The van der Waals surface area contributed by atoms with Crippen molar-refractivity contribution < 1.29 is 19.8 Å². The topological polar surface area (TPSA) is 89.9 Å². The second-order valence-corrected chi connectivity index (χ2v) is 5.28. The molecule has 1 heterocycles. The standard InChI is InChI=1S/C14H18N2O4/c1-8-6-9(2)16(7-8)14(20)15-11-5-3-4-10(12(11)17)13(18)19/h3-5,8-9,17H,6-7H2,1-2H3,(H,15,20)(H,18,19).